The first-order chi connectivity index (χ1) is 15.8. The molecule has 0 aliphatic heterocycles. The van der Waals surface area contributed by atoms with Crippen molar-refractivity contribution in [2.45, 2.75) is 18.3 Å². The molecule has 33 heavy (non-hydrogen) atoms. The quantitative estimate of drug-likeness (QED) is 0.220. The van der Waals surface area contributed by atoms with Crippen molar-refractivity contribution in [3.05, 3.63) is 71.8 Å². The van der Waals surface area contributed by atoms with Crippen molar-refractivity contribution in [2.24, 2.45) is 0 Å². The number of ether oxygens (including phenoxy) is 1. The molecule has 2 aromatic heterocycles. The highest BCUT2D eigenvalue weighted by Crippen LogP contribution is 2.25. The third kappa shape index (κ3) is 5.07. The molecule has 0 fully saturated rings. The summed E-state index contributed by atoms with van der Waals surface area (Å²) in [4.78, 5) is 23.5. The van der Waals surface area contributed by atoms with Crippen molar-refractivity contribution in [2.75, 3.05) is 12.3 Å². The molecular weight excluding hydrogens is 450 g/mol. The number of nitrogens with two attached hydrogens (primary N) is 1. The fourth-order valence-electron chi connectivity index (χ4n) is 2.97. The van der Waals surface area contributed by atoms with Crippen molar-refractivity contribution < 1.29 is 27.2 Å². The number of esters is 1. The van der Waals surface area contributed by atoms with Gasteiger partial charge in [-0.1, -0.05) is 60.7 Å². The van der Waals surface area contributed by atoms with Crippen LogP contribution in [0.1, 0.15) is 11.1 Å². The Labute approximate surface area is 188 Å². The van der Waals surface area contributed by atoms with E-state index < -0.39 is 33.9 Å². The van der Waals surface area contributed by atoms with Gasteiger partial charge in [-0.2, -0.15) is 23.4 Å². The number of fused-ring (bicyclic) bond motifs is 1. The molecule has 0 unspecified atom stereocenters. The van der Waals surface area contributed by atoms with Gasteiger partial charge < -0.3 is 15.6 Å². The number of anilines is 1. The molecule has 0 bridgehead atoms. The smallest absolute Gasteiger partial charge is 0.333 e. The van der Waals surface area contributed by atoms with Crippen molar-refractivity contribution in [3.8, 4) is 6.01 Å². The summed E-state index contributed by atoms with van der Waals surface area (Å²) in [6, 6.07) is 17.6. The van der Waals surface area contributed by atoms with Gasteiger partial charge in [0.25, 0.3) is 11.2 Å². The Morgan fingerprint density at radius 2 is 1.61 bits per heavy atom. The number of carbonyl (C=O) groups excluding carboxylic acids is 1. The summed E-state index contributed by atoms with van der Waals surface area (Å²) in [7, 11) is -4.56. The number of nitrogens with zero attached hydrogens (tertiary/aromatic N) is 4. The Morgan fingerprint density at radius 1 is 0.970 bits per heavy atom. The van der Waals surface area contributed by atoms with Gasteiger partial charge in [-0.25, -0.2) is 4.79 Å². The minimum Gasteiger partial charge on any atom is -0.480 e. The Kier molecular flexibility index (Phi) is 6.20. The van der Waals surface area contributed by atoms with Crippen molar-refractivity contribution in [1.29, 1.82) is 0 Å². The van der Waals surface area contributed by atoms with E-state index in [0.29, 0.717) is 0 Å². The largest absolute Gasteiger partial charge is 0.480 e. The van der Waals surface area contributed by atoms with Crippen LogP contribution in [0.4, 0.5) is 5.82 Å². The van der Waals surface area contributed by atoms with Crippen LogP contribution < -0.4 is 5.73 Å². The molecule has 170 valence electrons. The topological polar surface area (TPSA) is 160 Å². The lowest BCUT2D eigenvalue weighted by Gasteiger charge is -2.08. The van der Waals surface area contributed by atoms with Crippen LogP contribution in [0.15, 0.2) is 65.8 Å². The van der Waals surface area contributed by atoms with Gasteiger partial charge in [-0.05, 0) is 11.1 Å². The van der Waals surface area contributed by atoms with Gasteiger partial charge in [0, 0.05) is 0 Å². The van der Waals surface area contributed by atoms with Crippen molar-refractivity contribution in [1.82, 2.24) is 19.5 Å². The first-order valence-electron chi connectivity index (χ1n) is 9.69. The maximum Gasteiger partial charge on any atom is 0.333 e. The van der Waals surface area contributed by atoms with Crippen molar-refractivity contribution in [3.63, 3.8) is 0 Å². The summed E-state index contributed by atoms with van der Waals surface area (Å²) in [6.45, 7) is -0.743. The second kappa shape index (κ2) is 9.22. The summed E-state index contributed by atoms with van der Waals surface area (Å²) in [6.07, 6.45) is 0. The van der Waals surface area contributed by atoms with Crippen LogP contribution >= 0.6 is 0 Å². The lowest BCUT2D eigenvalue weighted by molar-refractivity contribution is -0.147. The highest BCUT2D eigenvalue weighted by molar-refractivity contribution is 7.86. The summed E-state index contributed by atoms with van der Waals surface area (Å²) >= 11 is 0. The number of hydrogen-bond acceptors (Lipinski definition) is 10. The predicted molar refractivity (Wildman–Crippen MR) is 116 cm³/mol. The summed E-state index contributed by atoms with van der Waals surface area (Å²) in [5, 5.41) is 9.46. The summed E-state index contributed by atoms with van der Waals surface area (Å²) in [5.41, 5.74) is 7.43. The molecule has 0 radical (unpaired) electrons. The van der Waals surface area contributed by atoms with E-state index in [1.165, 1.54) is 4.57 Å². The van der Waals surface area contributed by atoms with Crippen molar-refractivity contribution >= 4 is 33.1 Å². The number of aromatic nitrogens is 4. The Balaban J connectivity index is 1.52. The fourth-order valence-corrected chi connectivity index (χ4v) is 3.74. The molecule has 4 rings (SSSR count). The lowest BCUT2D eigenvalue weighted by Crippen LogP contribution is -2.19. The van der Waals surface area contributed by atoms with E-state index in [0.717, 1.165) is 11.1 Å². The molecule has 12 heteroatoms. The standard InChI is InChI=1S/C21H19N5O6S/c22-18-17-19(26(21(28)23-17)11-14-7-3-1-4-8-14)25-20(24-18)33(29,30)32-13-16(27)31-12-15-9-5-2-6-10-15/h1-10H,11-13H2,(H,23,28)(H2,22,24,25). The predicted octanol–water partition coefficient (Wildman–Crippen LogP) is 1.61. The molecule has 3 N–H and O–H groups in total. The molecule has 0 saturated heterocycles. The first kappa shape index (κ1) is 22.2. The van der Waals surface area contributed by atoms with Gasteiger partial charge in [0.05, 0.1) is 6.54 Å². The summed E-state index contributed by atoms with van der Waals surface area (Å²) < 4.78 is 36.2. The highest BCUT2D eigenvalue weighted by Gasteiger charge is 2.26. The fraction of sp³-hybridized carbons (Fsp3) is 0.143. The zero-order valence-electron chi connectivity index (χ0n) is 17.2. The maximum atomic E-state index is 12.6. The number of aromatic hydroxyl groups is 1. The van der Waals surface area contributed by atoms with Gasteiger partial charge in [0.2, 0.25) is 0 Å². The normalized spacial score (nSPS) is 11.5. The molecule has 0 atom stereocenters. The third-order valence-corrected chi connectivity index (χ3v) is 5.62. The highest BCUT2D eigenvalue weighted by atomic mass is 32.2. The molecule has 0 saturated carbocycles. The van der Waals surface area contributed by atoms with Crippen LogP contribution in [0.5, 0.6) is 6.01 Å². The van der Waals surface area contributed by atoms with Crippen LogP contribution in [-0.2, 0) is 37.0 Å². The van der Waals surface area contributed by atoms with Crippen LogP contribution in [0.2, 0.25) is 0 Å². The molecule has 0 amide bonds. The SMILES string of the molecule is Nc1nc(S(=O)(=O)OCC(=O)OCc2ccccc2)nc2c1nc(O)n2Cc1ccccc1. The average molecular weight is 469 g/mol. The molecule has 11 nitrogen and oxygen atoms in total. The van der Waals surface area contributed by atoms with E-state index in [4.69, 9.17) is 14.7 Å². The average Bonchev–Trinajstić information content (AvgIpc) is 3.13. The molecule has 4 aromatic rings. The van der Waals surface area contributed by atoms with Gasteiger partial charge in [0.15, 0.2) is 23.6 Å². The Bertz CT molecular complexity index is 1390. The van der Waals surface area contributed by atoms with Gasteiger partial charge >= 0.3 is 16.1 Å². The number of benzene rings is 2. The minimum atomic E-state index is -4.56. The van der Waals surface area contributed by atoms with E-state index in [1.807, 2.05) is 36.4 Å². The maximum absolute atomic E-state index is 12.6. The number of imidazole rings is 1. The van der Waals surface area contributed by atoms with E-state index in [9.17, 15) is 18.3 Å². The molecule has 2 aromatic carbocycles. The van der Waals surface area contributed by atoms with Crippen LogP contribution in [0.3, 0.4) is 0 Å². The molecular formula is C21H19N5O6S. The third-order valence-electron chi connectivity index (χ3n) is 4.56. The number of hydrogen-bond donors (Lipinski definition) is 2. The van der Waals surface area contributed by atoms with Gasteiger partial charge in [-0.15, -0.1) is 0 Å². The second-order valence-corrected chi connectivity index (χ2v) is 8.42. The molecule has 0 spiro atoms. The van der Waals surface area contributed by atoms with Gasteiger partial charge in [0.1, 0.15) is 6.61 Å². The van der Waals surface area contributed by atoms with E-state index >= 15 is 0 Å². The number of nitrogen functional groups attached to an aromatic ring is 1. The Morgan fingerprint density at radius 3 is 2.27 bits per heavy atom. The number of rotatable bonds is 8. The lowest BCUT2D eigenvalue weighted by atomic mass is 10.2. The van der Waals surface area contributed by atoms with Crippen LogP contribution in [0.25, 0.3) is 11.2 Å². The monoisotopic (exact) mass is 469 g/mol. The van der Waals surface area contributed by atoms with Crippen LogP contribution in [-0.4, -0.2) is 45.6 Å². The number of carbonyl (C=O) groups is 1. The zero-order valence-corrected chi connectivity index (χ0v) is 18.0. The molecule has 2 heterocycles. The second-order valence-electron chi connectivity index (χ2n) is 6.91. The molecule has 0 aliphatic rings. The Hall–Kier alpha value is -4.03. The van der Waals surface area contributed by atoms with E-state index in [1.54, 1.807) is 24.3 Å². The van der Waals surface area contributed by atoms with E-state index in [2.05, 4.69) is 15.0 Å². The first-order valence-corrected chi connectivity index (χ1v) is 11.1. The zero-order chi connectivity index (χ0) is 23.4. The van der Waals surface area contributed by atoms with Gasteiger partial charge in [-0.3, -0.25) is 8.75 Å². The minimum absolute atomic E-state index is 0.00215. The van der Waals surface area contributed by atoms with Crippen LogP contribution in [0, 0.1) is 0 Å². The molecule has 0 aliphatic carbocycles. The summed E-state index contributed by atoms with van der Waals surface area (Å²) in [5.74, 6) is -1.15. The van der Waals surface area contributed by atoms with E-state index in [-0.39, 0.29) is 30.1 Å².